The number of primary amides is 1. The number of carbonyl (C=O) groups is 1. The Morgan fingerprint density at radius 1 is 1.21 bits per heavy atom. The summed E-state index contributed by atoms with van der Waals surface area (Å²) in [4.78, 5) is 16.1. The van der Waals surface area contributed by atoms with E-state index in [1.165, 1.54) is 17.5 Å². The first kappa shape index (κ1) is 14.9. The van der Waals surface area contributed by atoms with E-state index in [9.17, 15) is 4.79 Å². The van der Waals surface area contributed by atoms with E-state index in [-0.39, 0.29) is 0 Å². The number of benzene rings is 2. The molecule has 0 saturated heterocycles. The lowest BCUT2D eigenvalue weighted by Gasteiger charge is -2.19. The zero-order chi connectivity index (χ0) is 16.7. The monoisotopic (exact) mass is 319 g/mol. The molecule has 1 aromatic heterocycles. The van der Waals surface area contributed by atoms with E-state index in [1.807, 2.05) is 13.0 Å². The molecule has 3 aromatic rings. The first-order chi connectivity index (χ1) is 11.6. The lowest BCUT2D eigenvalue weighted by molar-refractivity contribution is 0.100. The molecule has 2 aromatic carbocycles. The normalized spacial score (nSPS) is 17.5. The average Bonchev–Trinajstić information content (AvgIpc) is 2.75. The lowest BCUT2D eigenvalue weighted by Crippen LogP contribution is -2.13. The molecular weight excluding hydrogens is 298 g/mol. The summed E-state index contributed by atoms with van der Waals surface area (Å²) in [6, 6.07) is 14.7. The molecule has 1 amide bonds. The van der Waals surface area contributed by atoms with Crippen LogP contribution in [0.3, 0.4) is 0 Å². The van der Waals surface area contributed by atoms with Crippen molar-refractivity contribution in [3.05, 3.63) is 65.0 Å². The molecule has 0 radical (unpaired) electrons. The van der Waals surface area contributed by atoms with Crippen LogP contribution in [0.1, 0.15) is 46.2 Å². The summed E-state index contributed by atoms with van der Waals surface area (Å²) >= 11 is 0. The van der Waals surface area contributed by atoms with E-state index in [0.717, 1.165) is 36.1 Å². The van der Waals surface area contributed by atoms with Gasteiger partial charge in [0.1, 0.15) is 5.82 Å². The summed E-state index contributed by atoms with van der Waals surface area (Å²) in [6.45, 7) is 2.04. The highest BCUT2D eigenvalue weighted by atomic mass is 16.1. The summed E-state index contributed by atoms with van der Waals surface area (Å²) < 4.78 is 2.34. The van der Waals surface area contributed by atoms with Crippen LogP contribution in [0.5, 0.6) is 0 Å². The van der Waals surface area contributed by atoms with Gasteiger partial charge in [0.2, 0.25) is 5.91 Å². The van der Waals surface area contributed by atoms with Crippen LogP contribution >= 0.6 is 0 Å². The van der Waals surface area contributed by atoms with Crippen LogP contribution in [0, 0.1) is 6.92 Å². The molecule has 2 N–H and O–H groups in total. The van der Waals surface area contributed by atoms with Gasteiger partial charge in [-0.1, -0.05) is 24.3 Å². The van der Waals surface area contributed by atoms with E-state index in [1.54, 1.807) is 12.1 Å². The van der Waals surface area contributed by atoms with Crippen LogP contribution in [-0.4, -0.2) is 15.5 Å². The molecule has 4 nitrogen and oxygen atoms in total. The minimum Gasteiger partial charge on any atom is -0.366 e. The molecule has 1 unspecified atom stereocenters. The third kappa shape index (κ3) is 2.48. The quantitative estimate of drug-likeness (QED) is 0.734. The maximum atomic E-state index is 11.4. The Morgan fingerprint density at radius 3 is 2.79 bits per heavy atom. The molecule has 1 aliphatic rings. The first-order valence-corrected chi connectivity index (χ1v) is 8.48. The number of aromatic nitrogens is 2. The highest BCUT2D eigenvalue weighted by molar-refractivity contribution is 5.96. The van der Waals surface area contributed by atoms with E-state index < -0.39 is 5.91 Å². The maximum absolute atomic E-state index is 11.4. The molecule has 0 saturated carbocycles. The Kier molecular flexibility index (Phi) is 3.60. The minimum absolute atomic E-state index is 0.401. The topological polar surface area (TPSA) is 60.9 Å². The number of hydrogen-bond donors (Lipinski definition) is 1. The van der Waals surface area contributed by atoms with Crippen molar-refractivity contribution in [3.63, 3.8) is 0 Å². The second-order valence-electron chi connectivity index (χ2n) is 6.62. The van der Waals surface area contributed by atoms with Crippen molar-refractivity contribution in [1.29, 1.82) is 0 Å². The summed E-state index contributed by atoms with van der Waals surface area (Å²) in [6.07, 6.45) is 4.49. The molecule has 1 atom stereocenters. The number of aryl methyl sites for hydroxylation is 2. The fourth-order valence-electron chi connectivity index (χ4n) is 3.94. The van der Waals surface area contributed by atoms with Crippen molar-refractivity contribution in [2.45, 2.75) is 38.6 Å². The Morgan fingerprint density at radius 2 is 2.00 bits per heavy atom. The van der Waals surface area contributed by atoms with Gasteiger partial charge in [0.15, 0.2) is 0 Å². The van der Waals surface area contributed by atoms with Crippen molar-refractivity contribution in [2.24, 2.45) is 5.73 Å². The van der Waals surface area contributed by atoms with Crippen molar-refractivity contribution in [1.82, 2.24) is 9.55 Å². The van der Waals surface area contributed by atoms with Crippen molar-refractivity contribution < 1.29 is 4.79 Å². The number of nitrogens with two attached hydrogens (primary N) is 1. The molecule has 0 bridgehead atoms. The van der Waals surface area contributed by atoms with Gasteiger partial charge in [-0.3, -0.25) is 4.79 Å². The Bertz CT molecular complexity index is 926. The van der Waals surface area contributed by atoms with Crippen LogP contribution in [0.4, 0.5) is 0 Å². The smallest absolute Gasteiger partial charge is 0.248 e. The SMILES string of the molecule is Cc1nc2cc(C(N)=O)ccc2n1C1CCCc2ccccc2C1. The van der Waals surface area contributed by atoms with Gasteiger partial charge in [0.05, 0.1) is 11.0 Å². The predicted molar refractivity (Wildman–Crippen MR) is 95.1 cm³/mol. The largest absolute Gasteiger partial charge is 0.366 e. The molecule has 1 aliphatic carbocycles. The second-order valence-corrected chi connectivity index (χ2v) is 6.62. The van der Waals surface area contributed by atoms with Gasteiger partial charge in [-0.05, 0) is 61.9 Å². The van der Waals surface area contributed by atoms with Gasteiger partial charge in [-0.15, -0.1) is 0 Å². The molecule has 0 spiro atoms. The van der Waals surface area contributed by atoms with Crippen LogP contribution in [0.25, 0.3) is 11.0 Å². The summed E-state index contributed by atoms with van der Waals surface area (Å²) in [5, 5.41) is 0. The van der Waals surface area contributed by atoms with Gasteiger partial charge in [0, 0.05) is 11.6 Å². The van der Waals surface area contributed by atoms with E-state index in [0.29, 0.717) is 11.6 Å². The van der Waals surface area contributed by atoms with Gasteiger partial charge in [-0.2, -0.15) is 0 Å². The Hall–Kier alpha value is -2.62. The zero-order valence-corrected chi connectivity index (χ0v) is 13.8. The van der Waals surface area contributed by atoms with Gasteiger partial charge < -0.3 is 10.3 Å². The zero-order valence-electron chi connectivity index (χ0n) is 13.8. The minimum atomic E-state index is -0.410. The molecule has 4 heteroatoms. The Labute approximate surface area is 141 Å². The van der Waals surface area contributed by atoms with Crippen molar-refractivity contribution >= 4 is 16.9 Å². The molecule has 24 heavy (non-hydrogen) atoms. The van der Waals surface area contributed by atoms with Crippen LogP contribution in [0.2, 0.25) is 0 Å². The maximum Gasteiger partial charge on any atom is 0.248 e. The number of hydrogen-bond acceptors (Lipinski definition) is 2. The van der Waals surface area contributed by atoms with E-state index >= 15 is 0 Å². The summed E-state index contributed by atoms with van der Waals surface area (Å²) in [5.74, 6) is 0.587. The predicted octanol–water partition coefficient (Wildman–Crippen LogP) is 3.56. The van der Waals surface area contributed by atoms with Crippen LogP contribution in [-0.2, 0) is 12.8 Å². The number of fused-ring (bicyclic) bond motifs is 2. The Balaban J connectivity index is 1.79. The highest BCUT2D eigenvalue weighted by Gasteiger charge is 2.21. The highest BCUT2D eigenvalue weighted by Crippen LogP contribution is 2.31. The molecular formula is C20H21N3O. The number of amides is 1. The third-order valence-corrected chi connectivity index (χ3v) is 5.07. The number of nitrogens with zero attached hydrogens (tertiary/aromatic N) is 2. The first-order valence-electron chi connectivity index (χ1n) is 8.48. The standard InChI is InChI=1S/C20H21N3O/c1-13-22-18-12-16(20(21)24)9-10-19(18)23(13)17-8-4-7-14-5-2-3-6-15(14)11-17/h2-3,5-6,9-10,12,17H,4,7-8,11H2,1H3,(H2,21,24). The summed E-state index contributed by atoms with van der Waals surface area (Å²) in [5.41, 5.74) is 10.7. The second kappa shape index (κ2) is 5.78. The van der Waals surface area contributed by atoms with E-state index in [2.05, 4.69) is 33.8 Å². The third-order valence-electron chi connectivity index (χ3n) is 5.07. The lowest BCUT2D eigenvalue weighted by atomic mass is 10.0. The molecule has 4 rings (SSSR count). The molecule has 0 aliphatic heterocycles. The van der Waals surface area contributed by atoms with Gasteiger partial charge >= 0.3 is 0 Å². The van der Waals surface area contributed by atoms with Crippen molar-refractivity contribution in [3.8, 4) is 0 Å². The molecule has 0 fully saturated rings. The van der Waals surface area contributed by atoms with E-state index in [4.69, 9.17) is 5.73 Å². The van der Waals surface area contributed by atoms with Crippen LogP contribution < -0.4 is 5.73 Å². The fraction of sp³-hybridized carbons (Fsp3) is 0.300. The molecule has 1 heterocycles. The fourth-order valence-corrected chi connectivity index (χ4v) is 3.94. The number of rotatable bonds is 2. The average molecular weight is 319 g/mol. The van der Waals surface area contributed by atoms with Gasteiger partial charge in [-0.25, -0.2) is 4.98 Å². The van der Waals surface area contributed by atoms with Gasteiger partial charge in [0.25, 0.3) is 0 Å². The van der Waals surface area contributed by atoms with Crippen LogP contribution in [0.15, 0.2) is 42.5 Å². The summed E-state index contributed by atoms with van der Waals surface area (Å²) in [7, 11) is 0. The number of imidazole rings is 1. The van der Waals surface area contributed by atoms with Crippen molar-refractivity contribution in [2.75, 3.05) is 0 Å². The molecule has 122 valence electrons. The number of carbonyl (C=O) groups excluding carboxylic acids is 1.